The van der Waals surface area contributed by atoms with Gasteiger partial charge in [0.05, 0.1) is 25.4 Å². The summed E-state index contributed by atoms with van der Waals surface area (Å²) in [6.07, 6.45) is 5.65. The Bertz CT molecular complexity index is 484. The molecule has 1 aliphatic rings. The average Bonchev–Trinajstić information content (AvgIpc) is 2.48. The van der Waals surface area contributed by atoms with Crippen LogP contribution in [0.15, 0.2) is 12.4 Å². The summed E-state index contributed by atoms with van der Waals surface area (Å²) in [5.41, 5.74) is 0.240. The van der Waals surface area contributed by atoms with Gasteiger partial charge in [0.1, 0.15) is 10.8 Å². The van der Waals surface area contributed by atoms with Crippen LogP contribution in [0.25, 0.3) is 0 Å². The molecule has 0 aromatic carbocycles. The Labute approximate surface area is 121 Å². The molecule has 7 heteroatoms. The molecule has 0 atom stereocenters. The van der Waals surface area contributed by atoms with Gasteiger partial charge in [0, 0.05) is 6.04 Å². The molecule has 0 unspecified atom stereocenters. The smallest absolute Gasteiger partial charge is 0.308 e. The number of hydrogen-bond donors (Lipinski definition) is 1. The van der Waals surface area contributed by atoms with E-state index in [2.05, 4.69) is 15.3 Å². The number of esters is 1. The highest BCUT2D eigenvalue weighted by molar-refractivity contribution is 6.29. The van der Waals surface area contributed by atoms with Crippen molar-refractivity contribution in [2.45, 2.75) is 31.7 Å². The predicted molar refractivity (Wildman–Crippen MR) is 72.3 cm³/mol. The molecule has 6 nitrogen and oxygen atoms in total. The van der Waals surface area contributed by atoms with Gasteiger partial charge in [-0.2, -0.15) is 0 Å². The number of methoxy groups -OCH3 is 1. The monoisotopic (exact) mass is 297 g/mol. The molecule has 20 heavy (non-hydrogen) atoms. The van der Waals surface area contributed by atoms with E-state index >= 15 is 0 Å². The average molecular weight is 298 g/mol. The van der Waals surface area contributed by atoms with E-state index in [0.717, 1.165) is 25.7 Å². The molecule has 0 bridgehead atoms. The van der Waals surface area contributed by atoms with Crippen LogP contribution in [-0.4, -0.2) is 35.0 Å². The first-order valence-electron chi connectivity index (χ1n) is 6.46. The number of carbonyl (C=O) groups is 2. The number of ether oxygens (including phenoxy) is 1. The first-order valence-corrected chi connectivity index (χ1v) is 6.84. The third kappa shape index (κ3) is 3.66. The normalized spacial score (nSPS) is 22.1. The number of nitrogens with zero attached hydrogens (tertiary/aromatic N) is 2. The number of carbonyl (C=O) groups excluding carboxylic acids is 2. The predicted octanol–water partition coefficient (Wildman–Crippen LogP) is 1.59. The van der Waals surface area contributed by atoms with Crippen molar-refractivity contribution in [2.75, 3.05) is 7.11 Å². The van der Waals surface area contributed by atoms with Crippen molar-refractivity contribution in [3.8, 4) is 0 Å². The summed E-state index contributed by atoms with van der Waals surface area (Å²) in [7, 11) is 1.40. The van der Waals surface area contributed by atoms with Gasteiger partial charge in [-0.1, -0.05) is 11.6 Å². The Kier molecular flexibility index (Phi) is 4.89. The van der Waals surface area contributed by atoms with E-state index in [4.69, 9.17) is 16.3 Å². The van der Waals surface area contributed by atoms with Crippen LogP contribution < -0.4 is 5.32 Å². The lowest BCUT2D eigenvalue weighted by Crippen LogP contribution is -2.39. The summed E-state index contributed by atoms with van der Waals surface area (Å²) in [6, 6.07) is 0.0564. The minimum atomic E-state index is -0.268. The Hall–Kier alpha value is -1.69. The molecule has 0 saturated heterocycles. The zero-order valence-electron chi connectivity index (χ0n) is 11.1. The van der Waals surface area contributed by atoms with Crippen LogP contribution in [-0.2, 0) is 9.53 Å². The van der Waals surface area contributed by atoms with Crippen molar-refractivity contribution < 1.29 is 14.3 Å². The number of nitrogens with one attached hydrogen (secondary N) is 1. The van der Waals surface area contributed by atoms with E-state index in [0.29, 0.717) is 0 Å². The van der Waals surface area contributed by atoms with E-state index in [-0.39, 0.29) is 34.7 Å². The number of hydrogen-bond acceptors (Lipinski definition) is 5. The fourth-order valence-electron chi connectivity index (χ4n) is 2.33. The Morgan fingerprint density at radius 1 is 1.25 bits per heavy atom. The van der Waals surface area contributed by atoms with Gasteiger partial charge in [-0.15, -0.1) is 0 Å². The van der Waals surface area contributed by atoms with Gasteiger partial charge in [0.25, 0.3) is 5.91 Å². The quantitative estimate of drug-likeness (QED) is 0.857. The maximum atomic E-state index is 11.9. The molecule has 1 aromatic rings. The number of aromatic nitrogens is 2. The molecule has 0 radical (unpaired) electrons. The van der Waals surface area contributed by atoms with Gasteiger partial charge in [0.15, 0.2) is 0 Å². The van der Waals surface area contributed by atoms with E-state index in [1.54, 1.807) is 0 Å². The van der Waals surface area contributed by atoms with E-state index in [1.165, 1.54) is 19.5 Å². The standard InChI is InChI=1S/C13H16ClN3O3/c1-20-13(19)8-2-4-9(5-3-8)17-12(18)10-6-16-11(14)7-15-10/h6-9H,2-5H2,1H3,(H,17,18). The van der Waals surface area contributed by atoms with Crippen molar-refractivity contribution in [1.29, 1.82) is 0 Å². The Morgan fingerprint density at radius 2 is 1.95 bits per heavy atom. The largest absolute Gasteiger partial charge is 0.469 e. The van der Waals surface area contributed by atoms with Crippen molar-refractivity contribution in [1.82, 2.24) is 15.3 Å². The first-order chi connectivity index (χ1) is 9.60. The molecule has 1 N–H and O–H groups in total. The zero-order valence-corrected chi connectivity index (χ0v) is 11.9. The van der Waals surface area contributed by atoms with Crippen LogP contribution in [0.1, 0.15) is 36.2 Å². The van der Waals surface area contributed by atoms with Gasteiger partial charge < -0.3 is 10.1 Å². The lowest BCUT2D eigenvalue weighted by Gasteiger charge is -2.27. The van der Waals surface area contributed by atoms with Crippen LogP contribution >= 0.6 is 11.6 Å². The minimum Gasteiger partial charge on any atom is -0.469 e. The SMILES string of the molecule is COC(=O)C1CCC(NC(=O)c2cnc(Cl)cn2)CC1. The summed E-state index contributed by atoms with van der Waals surface area (Å²) in [5.74, 6) is -0.488. The zero-order chi connectivity index (χ0) is 14.5. The molecule has 2 rings (SSSR count). The molecule has 1 aliphatic carbocycles. The first kappa shape index (κ1) is 14.7. The highest BCUT2D eigenvalue weighted by atomic mass is 35.5. The molecule has 1 aromatic heterocycles. The third-order valence-corrected chi connectivity index (χ3v) is 3.65. The summed E-state index contributed by atoms with van der Waals surface area (Å²) in [4.78, 5) is 31.1. The topological polar surface area (TPSA) is 81.2 Å². The molecular formula is C13H16ClN3O3. The summed E-state index contributed by atoms with van der Waals surface area (Å²) in [6.45, 7) is 0. The van der Waals surface area contributed by atoms with Gasteiger partial charge >= 0.3 is 5.97 Å². The van der Waals surface area contributed by atoms with Crippen molar-refractivity contribution in [2.24, 2.45) is 5.92 Å². The second-order valence-corrected chi connectivity index (χ2v) is 5.16. The number of halogens is 1. The second kappa shape index (κ2) is 6.65. The van der Waals surface area contributed by atoms with Crippen LogP contribution in [0.4, 0.5) is 0 Å². The summed E-state index contributed by atoms with van der Waals surface area (Å²) in [5, 5.41) is 3.15. The Morgan fingerprint density at radius 3 is 2.50 bits per heavy atom. The van der Waals surface area contributed by atoms with Gasteiger partial charge in [0.2, 0.25) is 0 Å². The fraction of sp³-hybridized carbons (Fsp3) is 0.538. The summed E-state index contributed by atoms with van der Waals surface area (Å²) < 4.78 is 4.73. The highest BCUT2D eigenvalue weighted by Crippen LogP contribution is 2.25. The lowest BCUT2D eigenvalue weighted by atomic mass is 9.86. The molecule has 108 valence electrons. The van der Waals surface area contributed by atoms with Gasteiger partial charge in [-0.05, 0) is 25.7 Å². The van der Waals surface area contributed by atoms with Crippen molar-refractivity contribution in [3.63, 3.8) is 0 Å². The van der Waals surface area contributed by atoms with Crippen molar-refractivity contribution >= 4 is 23.5 Å². The van der Waals surface area contributed by atoms with Crippen LogP contribution in [0, 0.1) is 5.92 Å². The van der Waals surface area contributed by atoms with E-state index < -0.39 is 0 Å². The van der Waals surface area contributed by atoms with Crippen LogP contribution in [0.3, 0.4) is 0 Å². The molecule has 1 amide bonds. The maximum absolute atomic E-state index is 11.9. The lowest BCUT2D eigenvalue weighted by molar-refractivity contribution is -0.146. The van der Waals surface area contributed by atoms with Crippen molar-refractivity contribution in [3.05, 3.63) is 23.2 Å². The molecule has 1 fully saturated rings. The number of rotatable bonds is 3. The molecule has 1 saturated carbocycles. The van der Waals surface area contributed by atoms with Gasteiger partial charge in [-0.25, -0.2) is 9.97 Å². The molecule has 0 aliphatic heterocycles. The van der Waals surface area contributed by atoms with Crippen LogP contribution in [0.2, 0.25) is 5.15 Å². The maximum Gasteiger partial charge on any atom is 0.308 e. The van der Waals surface area contributed by atoms with Gasteiger partial charge in [-0.3, -0.25) is 9.59 Å². The minimum absolute atomic E-state index is 0.0523. The van der Waals surface area contributed by atoms with Crippen LogP contribution in [0.5, 0.6) is 0 Å². The molecule has 0 spiro atoms. The molecule has 1 heterocycles. The van der Waals surface area contributed by atoms with E-state index in [9.17, 15) is 9.59 Å². The van der Waals surface area contributed by atoms with E-state index in [1.807, 2.05) is 0 Å². The fourth-order valence-corrected chi connectivity index (χ4v) is 2.43. The number of amides is 1. The highest BCUT2D eigenvalue weighted by Gasteiger charge is 2.27. The third-order valence-electron chi connectivity index (χ3n) is 3.45. The summed E-state index contributed by atoms with van der Waals surface area (Å²) >= 11 is 5.62. The second-order valence-electron chi connectivity index (χ2n) is 4.77. The molecular weight excluding hydrogens is 282 g/mol. The Balaban J connectivity index is 1.85.